The second kappa shape index (κ2) is 5.29. The molecular weight excluding hydrogens is 216 g/mol. The number of nitrogens with two attached hydrogens (primary N) is 1. The second-order valence-corrected chi connectivity index (χ2v) is 4.49. The number of nitrogens with zero attached hydrogens (tertiary/aromatic N) is 1. The number of benzene rings is 1. The van der Waals surface area contributed by atoms with Crippen molar-refractivity contribution in [2.75, 3.05) is 19.7 Å². The summed E-state index contributed by atoms with van der Waals surface area (Å²) in [6, 6.07) is 7.40. The molecule has 1 aliphatic rings. The molecule has 0 spiro atoms. The fourth-order valence-corrected chi connectivity index (χ4v) is 2.13. The van der Waals surface area contributed by atoms with Crippen LogP contribution in [0.1, 0.15) is 22.3 Å². The maximum atomic E-state index is 12.1. The van der Waals surface area contributed by atoms with Gasteiger partial charge < -0.3 is 15.7 Å². The van der Waals surface area contributed by atoms with Crippen molar-refractivity contribution in [2.45, 2.75) is 13.0 Å². The lowest BCUT2D eigenvalue weighted by molar-refractivity contribution is 0.0782. The largest absolute Gasteiger partial charge is 0.396 e. The van der Waals surface area contributed by atoms with E-state index < -0.39 is 0 Å². The predicted molar refractivity (Wildman–Crippen MR) is 65.4 cm³/mol. The molecule has 1 saturated heterocycles. The third-order valence-electron chi connectivity index (χ3n) is 3.27. The standard InChI is InChI=1S/C13H18N2O2/c14-7-10-1-3-12(4-2-10)13(17)15-6-5-11(8-15)9-16/h1-4,11,16H,5-9,14H2. The Labute approximate surface area is 101 Å². The molecule has 92 valence electrons. The van der Waals surface area contributed by atoms with Crippen LogP contribution in [0, 0.1) is 5.92 Å². The molecule has 0 aromatic heterocycles. The molecule has 2 rings (SSSR count). The highest BCUT2D eigenvalue weighted by Crippen LogP contribution is 2.18. The summed E-state index contributed by atoms with van der Waals surface area (Å²) in [6.07, 6.45) is 0.892. The highest BCUT2D eigenvalue weighted by molar-refractivity contribution is 5.94. The molecular formula is C13H18N2O2. The van der Waals surface area contributed by atoms with E-state index in [1.807, 2.05) is 24.3 Å². The van der Waals surface area contributed by atoms with Gasteiger partial charge in [0.1, 0.15) is 0 Å². The van der Waals surface area contributed by atoms with E-state index in [-0.39, 0.29) is 18.4 Å². The van der Waals surface area contributed by atoms with E-state index in [4.69, 9.17) is 10.8 Å². The zero-order chi connectivity index (χ0) is 12.3. The molecule has 0 bridgehead atoms. The number of likely N-dealkylation sites (tertiary alicyclic amines) is 1. The van der Waals surface area contributed by atoms with Crippen LogP contribution in [0.15, 0.2) is 24.3 Å². The lowest BCUT2D eigenvalue weighted by Crippen LogP contribution is -2.29. The van der Waals surface area contributed by atoms with Gasteiger partial charge in [0.2, 0.25) is 0 Å². The lowest BCUT2D eigenvalue weighted by Gasteiger charge is -2.16. The van der Waals surface area contributed by atoms with E-state index in [9.17, 15) is 4.79 Å². The van der Waals surface area contributed by atoms with Gasteiger partial charge in [-0.25, -0.2) is 0 Å². The predicted octanol–water partition coefficient (Wildman–Crippen LogP) is 0.600. The SMILES string of the molecule is NCc1ccc(C(=O)N2CCC(CO)C2)cc1. The first kappa shape index (κ1) is 12.1. The molecule has 0 aliphatic carbocycles. The third-order valence-corrected chi connectivity index (χ3v) is 3.27. The van der Waals surface area contributed by atoms with Gasteiger partial charge in [-0.15, -0.1) is 0 Å². The van der Waals surface area contributed by atoms with Crippen LogP contribution in [0.4, 0.5) is 0 Å². The molecule has 4 nitrogen and oxygen atoms in total. The maximum absolute atomic E-state index is 12.1. The summed E-state index contributed by atoms with van der Waals surface area (Å²) in [5.74, 6) is 0.284. The molecule has 1 aromatic rings. The quantitative estimate of drug-likeness (QED) is 0.805. The van der Waals surface area contributed by atoms with Crippen molar-refractivity contribution >= 4 is 5.91 Å². The molecule has 1 unspecified atom stereocenters. The van der Waals surface area contributed by atoms with E-state index in [2.05, 4.69) is 0 Å². The van der Waals surface area contributed by atoms with Crippen LogP contribution < -0.4 is 5.73 Å². The summed E-state index contributed by atoms with van der Waals surface area (Å²) >= 11 is 0. The first-order chi connectivity index (χ1) is 8.24. The van der Waals surface area contributed by atoms with Crippen molar-refractivity contribution in [3.63, 3.8) is 0 Å². The van der Waals surface area contributed by atoms with Crippen molar-refractivity contribution in [1.29, 1.82) is 0 Å². The Kier molecular flexibility index (Phi) is 3.76. The summed E-state index contributed by atoms with van der Waals surface area (Å²) in [5, 5.41) is 9.05. The molecule has 17 heavy (non-hydrogen) atoms. The van der Waals surface area contributed by atoms with Crippen LogP contribution in [-0.2, 0) is 6.54 Å². The maximum Gasteiger partial charge on any atom is 0.253 e. The van der Waals surface area contributed by atoms with Gasteiger partial charge in [0, 0.05) is 37.7 Å². The van der Waals surface area contributed by atoms with Gasteiger partial charge in [-0.3, -0.25) is 4.79 Å². The van der Waals surface area contributed by atoms with E-state index in [1.54, 1.807) is 4.90 Å². The average Bonchev–Trinajstić information content (AvgIpc) is 2.87. The summed E-state index contributed by atoms with van der Waals surface area (Å²) in [5.41, 5.74) is 7.23. The summed E-state index contributed by atoms with van der Waals surface area (Å²) in [4.78, 5) is 13.9. The average molecular weight is 234 g/mol. The Hall–Kier alpha value is -1.39. The van der Waals surface area contributed by atoms with Crippen molar-refractivity contribution in [2.24, 2.45) is 11.7 Å². The molecule has 1 atom stereocenters. The number of amides is 1. The first-order valence-corrected chi connectivity index (χ1v) is 5.93. The Morgan fingerprint density at radius 2 is 2.12 bits per heavy atom. The first-order valence-electron chi connectivity index (χ1n) is 5.93. The number of aliphatic hydroxyl groups is 1. The van der Waals surface area contributed by atoms with Crippen LogP contribution in [0.5, 0.6) is 0 Å². The van der Waals surface area contributed by atoms with Gasteiger partial charge in [-0.1, -0.05) is 12.1 Å². The van der Waals surface area contributed by atoms with Crippen LogP contribution in [0.3, 0.4) is 0 Å². The minimum atomic E-state index is 0.0459. The highest BCUT2D eigenvalue weighted by Gasteiger charge is 2.26. The van der Waals surface area contributed by atoms with Gasteiger partial charge in [0.05, 0.1) is 0 Å². The summed E-state index contributed by atoms with van der Waals surface area (Å²) < 4.78 is 0. The fourth-order valence-electron chi connectivity index (χ4n) is 2.13. The number of rotatable bonds is 3. The highest BCUT2D eigenvalue weighted by atomic mass is 16.3. The Morgan fingerprint density at radius 3 is 2.65 bits per heavy atom. The zero-order valence-electron chi connectivity index (χ0n) is 9.80. The minimum absolute atomic E-state index is 0.0459. The monoisotopic (exact) mass is 234 g/mol. The number of hydrogen-bond acceptors (Lipinski definition) is 3. The van der Waals surface area contributed by atoms with Gasteiger partial charge >= 0.3 is 0 Å². The van der Waals surface area contributed by atoms with Gasteiger partial charge in [0.15, 0.2) is 0 Å². The molecule has 1 fully saturated rings. The topological polar surface area (TPSA) is 66.6 Å². The molecule has 0 saturated carbocycles. The normalized spacial score (nSPS) is 19.6. The molecule has 3 N–H and O–H groups in total. The van der Waals surface area contributed by atoms with Gasteiger partial charge in [-0.05, 0) is 24.1 Å². The van der Waals surface area contributed by atoms with Crippen molar-refractivity contribution in [1.82, 2.24) is 4.90 Å². The molecule has 4 heteroatoms. The Bertz CT molecular complexity index is 389. The Balaban J connectivity index is 2.04. The van der Waals surface area contributed by atoms with Crippen molar-refractivity contribution < 1.29 is 9.90 Å². The molecule has 0 radical (unpaired) electrons. The van der Waals surface area contributed by atoms with Crippen LogP contribution in [0.25, 0.3) is 0 Å². The van der Waals surface area contributed by atoms with Crippen LogP contribution >= 0.6 is 0 Å². The van der Waals surface area contributed by atoms with E-state index >= 15 is 0 Å². The zero-order valence-corrected chi connectivity index (χ0v) is 9.80. The summed E-state index contributed by atoms with van der Waals surface area (Å²) in [7, 11) is 0. The van der Waals surface area contributed by atoms with E-state index in [0.29, 0.717) is 18.7 Å². The Morgan fingerprint density at radius 1 is 1.41 bits per heavy atom. The fraction of sp³-hybridized carbons (Fsp3) is 0.462. The molecule has 1 aliphatic heterocycles. The van der Waals surface area contributed by atoms with Gasteiger partial charge in [-0.2, -0.15) is 0 Å². The van der Waals surface area contributed by atoms with Crippen LogP contribution in [-0.4, -0.2) is 35.6 Å². The molecule has 1 heterocycles. The number of aliphatic hydroxyl groups excluding tert-OH is 1. The third kappa shape index (κ3) is 2.65. The number of carbonyl (C=O) groups is 1. The van der Waals surface area contributed by atoms with E-state index in [1.165, 1.54) is 0 Å². The number of carbonyl (C=O) groups excluding carboxylic acids is 1. The molecule has 1 aromatic carbocycles. The summed E-state index contributed by atoms with van der Waals surface area (Å²) in [6.45, 7) is 2.05. The number of hydrogen-bond donors (Lipinski definition) is 2. The van der Waals surface area contributed by atoms with Gasteiger partial charge in [0.25, 0.3) is 5.91 Å². The van der Waals surface area contributed by atoms with Crippen molar-refractivity contribution in [3.8, 4) is 0 Å². The lowest BCUT2D eigenvalue weighted by atomic mass is 10.1. The molecule has 1 amide bonds. The minimum Gasteiger partial charge on any atom is -0.396 e. The van der Waals surface area contributed by atoms with Crippen molar-refractivity contribution in [3.05, 3.63) is 35.4 Å². The second-order valence-electron chi connectivity index (χ2n) is 4.49. The van der Waals surface area contributed by atoms with Crippen LogP contribution in [0.2, 0.25) is 0 Å². The smallest absolute Gasteiger partial charge is 0.253 e. The van der Waals surface area contributed by atoms with E-state index in [0.717, 1.165) is 18.5 Å².